The lowest BCUT2D eigenvalue weighted by molar-refractivity contribution is 0.0955. The number of carbonyl (C=O) groups is 1. The minimum Gasteiger partial charge on any atom is -0.490 e. The largest absolute Gasteiger partial charge is 0.490 e. The molecule has 142 valence electrons. The van der Waals surface area contributed by atoms with Gasteiger partial charge >= 0.3 is 0 Å². The van der Waals surface area contributed by atoms with Gasteiger partial charge in [-0.05, 0) is 65.2 Å². The lowest BCUT2D eigenvalue weighted by Gasteiger charge is -2.13. The topological polar surface area (TPSA) is 59.9 Å². The Hall–Kier alpha value is -2.31. The van der Waals surface area contributed by atoms with E-state index in [1.165, 1.54) is 6.21 Å². The molecular formula is C20H20BrClN2O3. The summed E-state index contributed by atoms with van der Waals surface area (Å²) in [5, 5.41) is 4.38. The van der Waals surface area contributed by atoms with Crippen LogP contribution in [-0.4, -0.2) is 25.3 Å². The van der Waals surface area contributed by atoms with Gasteiger partial charge in [0.05, 0.1) is 27.9 Å². The maximum Gasteiger partial charge on any atom is 0.272 e. The minimum absolute atomic E-state index is 0.361. The van der Waals surface area contributed by atoms with Crippen molar-refractivity contribution in [3.8, 4) is 11.5 Å². The van der Waals surface area contributed by atoms with E-state index in [-0.39, 0.29) is 5.91 Å². The van der Waals surface area contributed by atoms with Gasteiger partial charge in [0, 0.05) is 0 Å². The Labute approximate surface area is 172 Å². The van der Waals surface area contributed by atoms with Gasteiger partial charge in [-0.15, -0.1) is 0 Å². The Morgan fingerprint density at radius 1 is 1.33 bits per heavy atom. The number of benzene rings is 2. The van der Waals surface area contributed by atoms with Crippen LogP contribution in [0.5, 0.6) is 11.5 Å². The zero-order valence-corrected chi connectivity index (χ0v) is 17.4. The van der Waals surface area contributed by atoms with Gasteiger partial charge in [0.25, 0.3) is 5.91 Å². The number of hydrogen-bond donors (Lipinski definition) is 1. The second-order valence-electron chi connectivity index (χ2n) is 5.55. The summed E-state index contributed by atoms with van der Waals surface area (Å²) in [6.45, 7) is 8.28. The molecule has 1 amide bonds. The van der Waals surface area contributed by atoms with Crippen molar-refractivity contribution in [2.45, 2.75) is 13.8 Å². The number of hydrazone groups is 1. The van der Waals surface area contributed by atoms with E-state index >= 15 is 0 Å². The molecule has 1 N–H and O–H groups in total. The lowest BCUT2D eigenvalue weighted by Crippen LogP contribution is -2.18. The number of ether oxygens (including phenoxy) is 2. The second kappa shape index (κ2) is 10.1. The van der Waals surface area contributed by atoms with Crippen LogP contribution in [-0.2, 0) is 0 Å². The third kappa shape index (κ3) is 5.84. The van der Waals surface area contributed by atoms with Crippen LogP contribution in [0.1, 0.15) is 28.4 Å². The van der Waals surface area contributed by atoms with Crippen molar-refractivity contribution in [3.63, 3.8) is 0 Å². The first-order valence-electron chi connectivity index (χ1n) is 8.25. The fourth-order valence-electron chi connectivity index (χ4n) is 2.24. The predicted octanol–water partition coefficient (Wildman–Crippen LogP) is 5.14. The summed E-state index contributed by atoms with van der Waals surface area (Å²) in [6, 6.07) is 8.81. The van der Waals surface area contributed by atoms with Gasteiger partial charge in [-0.25, -0.2) is 5.43 Å². The van der Waals surface area contributed by atoms with Gasteiger partial charge in [-0.3, -0.25) is 4.79 Å². The van der Waals surface area contributed by atoms with Crippen molar-refractivity contribution in [1.29, 1.82) is 0 Å². The number of rotatable bonds is 8. The van der Waals surface area contributed by atoms with E-state index in [1.54, 1.807) is 24.3 Å². The van der Waals surface area contributed by atoms with Crippen molar-refractivity contribution in [2.24, 2.45) is 5.10 Å². The summed E-state index contributed by atoms with van der Waals surface area (Å²) in [7, 11) is 0. The van der Waals surface area contributed by atoms with Crippen molar-refractivity contribution in [1.82, 2.24) is 5.43 Å². The molecule has 0 atom stereocenters. The standard InChI is InChI=1S/C20H20BrClN2O3/c1-4-8-27-19-16(21)10-14(11-18(19)26-5-2)12-23-24-20(25)15-7-6-13(3)9-17(15)22/h4,6-7,9-12H,1,5,8H2,2-3H3,(H,24,25)/b23-12-. The van der Waals surface area contributed by atoms with Crippen molar-refractivity contribution < 1.29 is 14.3 Å². The van der Waals surface area contributed by atoms with Gasteiger partial charge < -0.3 is 9.47 Å². The van der Waals surface area contributed by atoms with Gasteiger partial charge in [0.1, 0.15) is 6.61 Å². The molecule has 0 unspecified atom stereocenters. The molecule has 0 spiro atoms. The third-order valence-electron chi connectivity index (χ3n) is 3.43. The predicted molar refractivity (Wildman–Crippen MR) is 112 cm³/mol. The van der Waals surface area contributed by atoms with Crippen molar-refractivity contribution in [2.75, 3.05) is 13.2 Å². The van der Waals surface area contributed by atoms with Crippen LogP contribution in [0.4, 0.5) is 0 Å². The highest BCUT2D eigenvalue weighted by atomic mass is 79.9. The maximum absolute atomic E-state index is 12.2. The molecule has 0 saturated carbocycles. The smallest absolute Gasteiger partial charge is 0.272 e. The lowest BCUT2D eigenvalue weighted by atomic mass is 10.1. The van der Waals surface area contributed by atoms with Crippen LogP contribution in [0.2, 0.25) is 5.02 Å². The average molecular weight is 452 g/mol. The fourth-order valence-corrected chi connectivity index (χ4v) is 3.13. The molecule has 0 heterocycles. The second-order valence-corrected chi connectivity index (χ2v) is 6.81. The molecule has 0 aliphatic rings. The highest BCUT2D eigenvalue weighted by Crippen LogP contribution is 2.36. The molecule has 2 aromatic rings. The van der Waals surface area contributed by atoms with Crippen LogP contribution in [0.25, 0.3) is 0 Å². The van der Waals surface area contributed by atoms with Crippen LogP contribution >= 0.6 is 27.5 Å². The molecule has 0 aliphatic heterocycles. The van der Waals surface area contributed by atoms with Gasteiger partial charge in [-0.2, -0.15) is 5.10 Å². The molecule has 5 nitrogen and oxygen atoms in total. The Kier molecular flexibility index (Phi) is 7.88. The zero-order chi connectivity index (χ0) is 19.8. The number of halogens is 2. The number of amides is 1. The molecule has 0 aliphatic carbocycles. The van der Waals surface area contributed by atoms with E-state index in [4.69, 9.17) is 21.1 Å². The Morgan fingerprint density at radius 3 is 2.78 bits per heavy atom. The molecule has 0 bridgehead atoms. The summed E-state index contributed by atoms with van der Waals surface area (Å²) >= 11 is 9.57. The third-order valence-corrected chi connectivity index (χ3v) is 4.33. The molecule has 0 fully saturated rings. The Morgan fingerprint density at radius 2 is 2.11 bits per heavy atom. The maximum atomic E-state index is 12.2. The highest BCUT2D eigenvalue weighted by molar-refractivity contribution is 9.10. The van der Waals surface area contributed by atoms with E-state index < -0.39 is 0 Å². The number of carbonyl (C=O) groups excluding carboxylic acids is 1. The van der Waals surface area contributed by atoms with E-state index in [9.17, 15) is 4.79 Å². The molecular weight excluding hydrogens is 432 g/mol. The van der Waals surface area contributed by atoms with Crippen LogP contribution in [0.15, 0.2) is 52.6 Å². The van der Waals surface area contributed by atoms with E-state index in [1.807, 2.05) is 26.0 Å². The first kappa shape index (κ1) is 21.0. The van der Waals surface area contributed by atoms with Gasteiger partial charge in [-0.1, -0.05) is 30.3 Å². The molecule has 2 rings (SSSR count). The quantitative estimate of drug-likeness (QED) is 0.343. The summed E-state index contributed by atoms with van der Waals surface area (Å²) in [4.78, 5) is 12.2. The van der Waals surface area contributed by atoms with Crippen molar-refractivity contribution in [3.05, 3.63) is 69.2 Å². The number of hydrogen-bond acceptors (Lipinski definition) is 4. The van der Waals surface area contributed by atoms with Crippen LogP contribution in [0, 0.1) is 6.92 Å². The van der Waals surface area contributed by atoms with E-state index in [2.05, 4.69) is 33.0 Å². The van der Waals surface area contributed by atoms with E-state index in [0.29, 0.717) is 39.8 Å². The molecule has 2 aromatic carbocycles. The van der Waals surface area contributed by atoms with Crippen LogP contribution in [0.3, 0.4) is 0 Å². The number of aryl methyl sites for hydroxylation is 1. The Bertz CT molecular complexity index is 869. The molecule has 7 heteroatoms. The van der Waals surface area contributed by atoms with Gasteiger partial charge in [0.2, 0.25) is 0 Å². The van der Waals surface area contributed by atoms with E-state index in [0.717, 1.165) is 11.1 Å². The van der Waals surface area contributed by atoms with Crippen molar-refractivity contribution >= 4 is 39.7 Å². The number of nitrogens with one attached hydrogen (secondary N) is 1. The normalized spacial score (nSPS) is 10.7. The average Bonchev–Trinajstić information content (AvgIpc) is 2.61. The summed E-state index contributed by atoms with van der Waals surface area (Å²) in [5.41, 5.74) is 4.54. The van der Waals surface area contributed by atoms with Gasteiger partial charge in [0.15, 0.2) is 11.5 Å². The SMILES string of the molecule is C=CCOc1c(Br)cc(/C=N\NC(=O)c2ccc(C)cc2Cl)cc1OCC. The summed E-state index contributed by atoms with van der Waals surface area (Å²) < 4.78 is 12.0. The minimum atomic E-state index is -0.383. The summed E-state index contributed by atoms with van der Waals surface area (Å²) in [6.07, 6.45) is 3.17. The molecule has 0 radical (unpaired) electrons. The molecule has 27 heavy (non-hydrogen) atoms. The summed E-state index contributed by atoms with van der Waals surface area (Å²) in [5.74, 6) is 0.777. The zero-order valence-electron chi connectivity index (χ0n) is 15.1. The first-order chi connectivity index (χ1) is 13.0. The molecule has 0 saturated heterocycles. The Balaban J connectivity index is 2.15. The number of nitrogens with zero attached hydrogens (tertiary/aromatic N) is 1. The highest BCUT2D eigenvalue weighted by Gasteiger charge is 2.12. The molecule has 0 aromatic heterocycles. The fraction of sp³-hybridized carbons (Fsp3) is 0.200. The van der Waals surface area contributed by atoms with Crippen LogP contribution < -0.4 is 14.9 Å². The first-order valence-corrected chi connectivity index (χ1v) is 9.43. The monoisotopic (exact) mass is 450 g/mol.